The Bertz CT molecular complexity index is 1370. The van der Waals surface area contributed by atoms with Crippen LogP contribution < -0.4 is 5.32 Å². The maximum absolute atomic E-state index is 13.2. The van der Waals surface area contributed by atoms with Crippen LogP contribution in [0.15, 0.2) is 36.5 Å². The Kier molecular flexibility index (Phi) is 7.87. The number of benzene rings is 1. The number of carbonyl (C=O) groups is 2. The monoisotopic (exact) mass is 570 g/mol. The van der Waals surface area contributed by atoms with Crippen LogP contribution in [0.2, 0.25) is 0 Å². The van der Waals surface area contributed by atoms with E-state index in [2.05, 4.69) is 20.4 Å². The van der Waals surface area contributed by atoms with Gasteiger partial charge in [-0.15, -0.1) is 5.10 Å². The van der Waals surface area contributed by atoms with Gasteiger partial charge < -0.3 is 15.0 Å². The summed E-state index contributed by atoms with van der Waals surface area (Å²) < 4.78 is 85.9. The first-order valence-corrected chi connectivity index (χ1v) is 12.0. The maximum Gasteiger partial charge on any atom is 0.416 e. The van der Waals surface area contributed by atoms with E-state index in [9.17, 15) is 35.9 Å². The van der Waals surface area contributed by atoms with Gasteiger partial charge in [-0.05, 0) is 51.1 Å². The number of hydrogen-bond donors (Lipinski definition) is 1. The van der Waals surface area contributed by atoms with Crippen LogP contribution in [0.3, 0.4) is 0 Å². The van der Waals surface area contributed by atoms with Gasteiger partial charge in [0, 0.05) is 18.3 Å². The molecular formula is C25H24F6N6O3. The van der Waals surface area contributed by atoms with E-state index in [1.54, 1.807) is 11.8 Å². The zero-order valence-electron chi connectivity index (χ0n) is 21.5. The van der Waals surface area contributed by atoms with E-state index in [4.69, 9.17) is 4.74 Å². The van der Waals surface area contributed by atoms with Crippen molar-refractivity contribution in [2.75, 3.05) is 19.8 Å². The highest BCUT2D eigenvalue weighted by atomic mass is 19.4. The van der Waals surface area contributed by atoms with Crippen molar-refractivity contribution < 1.29 is 40.7 Å². The molecule has 3 aromatic rings. The van der Waals surface area contributed by atoms with Crippen molar-refractivity contribution >= 4 is 11.8 Å². The second-order valence-corrected chi connectivity index (χ2v) is 9.25. The number of pyridine rings is 1. The summed E-state index contributed by atoms with van der Waals surface area (Å²) in [6.45, 7) is 6.12. The first kappa shape index (κ1) is 29.0. The summed E-state index contributed by atoms with van der Waals surface area (Å²) in [5, 5.41) is 6.61. The Morgan fingerprint density at radius 1 is 1.05 bits per heavy atom. The fourth-order valence-corrected chi connectivity index (χ4v) is 4.14. The quantitative estimate of drug-likeness (QED) is 0.458. The summed E-state index contributed by atoms with van der Waals surface area (Å²) in [7, 11) is 0. The molecule has 2 aromatic heterocycles. The molecule has 0 radical (unpaired) electrons. The van der Waals surface area contributed by atoms with Crippen LogP contribution in [0.25, 0.3) is 5.82 Å². The van der Waals surface area contributed by atoms with E-state index in [-0.39, 0.29) is 35.5 Å². The fourth-order valence-electron chi connectivity index (χ4n) is 4.14. The number of nitrogens with one attached hydrogen (secondary N) is 1. The molecule has 4 rings (SSSR count). The number of aromatic nitrogens is 4. The molecule has 1 N–H and O–H groups in total. The molecule has 3 heterocycles. The summed E-state index contributed by atoms with van der Waals surface area (Å²) in [6, 6.07) is 2.57. The Labute approximate surface area is 224 Å². The van der Waals surface area contributed by atoms with Crippen LogP contribution in [0.4, 0.5) is 26.3 Å². The Morgan fingerprint density at radius 2 is 1.70 bits per heavy atom. The average Bonchev–Trinajstić information content (AvgIpc) is 3.29. The summed E-state index contributed by atoms with van der Waals surface area (Å²) in [5.41, 5.74) is -3.72. The fraction of sp³-hybridized carbons (Fsp3) is 0.400. The van der Waals surface area contributed by atoms with Crippen LogP contribution in [0.5, 0.6) is 0 Å². The van der Waals surface area contributed by atoms with E-state index < -0.39 is 41.0 Å². The summed E-state index contributed by atoms with van der Waals surface area (Å²) >= 11 is 0. The van der Waals surface area contributed by atoms with Crippen molar-refractivity contribution in [3.63, 3.8) is 0 Å². The molecular weight excluding hydrogens is 546 g/mol. The average molecular weight is 570 g/mol. The van der Waals surface area contributed by atoms with Gasteiger partial charge in [-0.1, -0.05) is 0 Å². The highest BCUT2D eigenvalue weighted by molar-refractivity contribution is 5.95. The molecule has 0 aliphatic carbocycles. The van der Waals surface area contributed by atoms with E-state index in [1.165, 1.54) is 29.9 Å². The molecule has 40 heavy (non-hydrogen) atoms. The van der Waals surface area contributed by atoms with Gasteiger partial charge in [-0.3, -0.25) is 9.59 Å². The Morgan fingerprint density at radius 3 is 2.25 bits per heavy atom. The van der Waals surface area contributed by atoms with Gasteiger partial charge in [0.1, 0.15) is 5.82 Å². The molecule has 1 aliphatic heterocycles. The minimum Gasteiger partial charge on any atom is -0.377 e. The zero-order valence-corrected chi connectivity index (χ0v) is 21.5. The van der Waals surface area contributed by atoms with Crippen molar-refractivity contribution in [3.05, 3.63) is 70.4 Å². The number of ether oxygens (including phenoxy) is 1. The summed E-state index contributed by atoms with van der Waals surface area (Å²) in [5.74, 6) is -0.808. The smallest absolute Gasteiger partial charge is 0.377 e. The SMILES string of the molecule is Cc1nc([C@H](C)NC(=O)c2cc(C(F)(F)F)cc(C(F)(F)F)c2)n(-c2ccc(C(=O)N3CCOC[C@H]3C)cn2)n1. The topological polar surface area (TPSA) is 102 Å². The molecule has 2 atom stereocenters. The van der Waals surface area contributed by atoms with E-state index in [1.807, 2.05) is 6.92 Å². The van der Waals surface area contributed by atoms with Gasteiger partial charge in [0.2, 0.25) is 0 Å². The Hall–Kier alpha value is -4.01. The highest BCUT2D eigenvalue weighted by Gasteiger charge is 2.37. The van der Waals surface area contributed by atoms with E-state index in [0.717, 1.165) is 0 Å². The van der Waals surface area contributed by atoms with E-state index >= 15 is 0 Å². The highest BCUT2D eigenvalue weighted by Crippen LogP contribution is 2.36. The lowest BCUT2D eigenvalue weighted by atomic mass is 10.0. The van der Waals surface area contributed by atoms with Crippen LogP contribution in [-0.4, -0.2) is 62.3 Å². The Balaban J connectivity index is 1.57. The lowest BCUT2D eigenvalue weighted by molar-refractivity contribution is -0.143. The van der Waals surface area contributed by atoms with Gasteiger partial charge in [0.05, 0.1) is 42.0 Å². The third-order valence-corrected chi connectivity index (χ3v) is 6.16. The number of carbonyl (C=O) groups excluding carboxylic acids is 2. The normalized spacial score (nSPS) is 17.0. The second kappa shape index (κ2) is 10.9. The van der Waals surface area contributed by atoms with Crippen LogP contribution in [-0.2, 0) is 17.1 Å². The standard InChI is InChI=1S/C25H24F6N6O3/c1-13-12-40-7-6-36(13)23(39)16-4-5-20(32-11-16)37-21(34-15(3)35-37)14(2)33-22(38)17-8-18(24(26,27)28)10-19(9-17)25(29,30)31/h4-5,8-11,13-14H,6-7,12H2,1-3H3,(H,33,38)/t13-,14+/m1/s1. The van der Waals surface area contributed by atoms with Crippen molar-refractivity contribution in [1.29, 1.82) is 0 Å². The molecule has 0 spiro atoms. The number of halogens is 6. The number of morpholine rings is 1. The minimum absolute atomic E-state index is 0.0556. The van der Waals surface area contributed by atoms with Crippen LogP contribution in [0.1, 0.15) is 63.4 Å². The van der Waals surface area contributed by atoms with Crippen molar-refractivity contribution in [2.45, 2.75) is 45.2 Å². The molecule has 1 aliphatic rings. The first-order valence-electron chi connectivity index (χ1n) is 12.0. The molecule has 9 nitrogen and oxygen atoms in total. The molecule has 15 heteroatoms. The zero-order chi connectivity index (χ0) is 29.4. The molecule has 214 valence electrons. The van der Waals surface area contributed by atoms with Gasteiger partial charge in [-0.25, -0.2) is 9.97 Å². The molecule has 0 saturated carbocycles. The summed E-state index contributed by atoms with van der Waals surface area (Å²) in [4.78, 5) is 35.8. The van der Waals surface area contributed by atoms with Crippen molar-refractivity contribution in [2.24, 2.45) is 0 Å². The first-order chi connectivity index (χ1) is 18.6. The predicted molar refractivity (Wildman–Crippen MR) is 128 cm³/mol. The van der Waals surface area contributed by atoms with Gasteiger partial charge in [0.15, 0.2) is 11.6 Å². The van der Waals surface area contributed by atoms with E-state index in [0.29, 0.717) is 37.5 Å². The lowest BCUT2D eigenvalue weighted by Crippen LogP contribution is -2.47. The largest absolute Gasteiger partial charge is 0.416 e. The van der Waals surface area contributed by atoms with Crippen molar-refractivity contribution in [1.82, 2.24) is 30.0 Å². The molecule has 1 saturated heterocycles. The number of aryl methyl sites for hydroxylation is 1. The summed E-state index contributed by atoms with van der Waals surface area (Å²) in [6.07, 6.45) is -8.85. The lowest BCUT2D eigenvalue weighted by Gasteiger charge is -2.33. The second-order valence-electron chi connectivity index (χ2n) is 9.25. The maximum atomic E-state index is 13.2. The molecule has 0 bridgehead atoms. The molecule has 2 amide bonds. The third-order valence-electron chi connectivity index (χ3n) is 6.16. The molecule has 0 unspecified atom stereocenters. The third kappa shape index (κ3) is 6.24. The molecule has 1 aromatic carbocycles. The van der Waals surface area contributed by atoms with Gasteiger partial charge >= 0.3 is 12.4 Å². The predicted octanol–water partition coefficient (Wildman–Crippen LogP) is 4.36. The van der Waals surface area contributed by atoms with Crippen molar-refractivity contribution in [3.8, 4) is 5.82 Å². The number of amides is 2. The van der Waals surface area contributed by atoms with Crippen LogP contribution >= 0.6 is 0 Å². The van der Waals surface area contributed by atoms with Gasteiger partial charge in [0.25, 0.3) is 11.8 Å². The molecule has 1 fully saturated rings. The number of hydrogen-bond acceptors (Lipinski definition) is 6. The van der Waals surface area contributed by atoms with Gasteiger partial charge in [-0.2, -0.15) is 31.0 Å². The van der Waals surface area contributed by atoms with Crippen LogP contribution in [0, 0.1) is 6.92 Å². The number of nitrogens with zero attached hydrogens (tertiary/aromatic N) is 5. The minimum atomic E-state index is -5.10. The number of rotatable bonds is 5. The number of alkyl halides is 6.